The zero-order valence-corrected chi connectivity index (χ0v) is 29.9. The predicted octanol–water partition coefficient (Wildman–Crippen LogP) is 6.29. The summed E-state index contributed by atoms with van der Waals surface area (Å²) in [6.07, 6.45) is 1.28. The van der Waals surface area contributed by atoms with E-state index in [-0.39, 0.29) is 13.0 Å². The Balaban J connectivity index is 1.57. The summed E-state index contributed by atoms with van der Waals surface area (Å²) < 4.78 is 32.1. The van der Waals surface area contributed by atoms with E-state index in [0.29, 0.717) is 22.8 Å². The number of nitrogens with one attached hydrogen (secondary N) is 1. The van der Waals surface area contributed by atoms with Crippen LogP contribution >= 0.6 is 17.1 Å². The second-order valence-electron chi connectivity index (χ2n) is 11.5. The van der Waals surface area contributed by atoms with Gasteiger partial charge in [0.2, 0.25) is 5.69 Å². The third kappa shape index (κ3) is 8.14. The van der Waals surface area contributed by atoms with Crippen LogP contribution in [0.4, 0.5) is 0 Å². The molecule has 0 radical (unpaired) electrons. The molecule has 1 aliphatic heterocycles. The largest absolute Gasteiger partial charge is 0.497 e. The van der Waals surface area contributed by atoms with Crippen molar-refractivity contribution in [3.8, 4) is 11.5 Å². The molecular weight excluding hydrogens is 671 g/mol. The minimum absolute atomic E-state index is 0.000164. The summed E-state index contributed by atoms with van der Waals surface area (Å²) in [5.74, 6) is 2.05. The fourth-order valence-electron chi connectivity index (χ4n) is 5.74. The average Bonchev–Trinajstić information content (AvgIpc) is 3.48. The van der Waals surface area contributed by atoms with Crippen LogP contribution in [0.1, 0.15) is 54.7 Å². The summed E-state index contributed by atoms with van der Waals surface area (Å²) in [5, 5.41) is 0. The maximum absolute atomic E-state index is 12.9. The number of benzene rings is 3. The van der Waals surface area contributed by atoms with Gasteiger partial charge in [0.05, 0.1) is 26.9 Å². The van der Waals surface area contributed by atoms with Gasteiger partial charge in [-0.15, -0.1) is 0 Å². The van der Waals surface area contributed by atoms with E-state index in [1.807, 2.05) is 78.9 Å². The number of hydrogen-bond donors (Lipinski definition) is 2. The van der Waals surface area contributed by atoms with Crippen molar-refractivity contribution in [3.05, 3.63) is 128 Å². The second-order valence-corrected chi connectivity index (χ2v) is 17.7. The van der Waals surface area contributed by atoms with Gasteiger partial charge in [-0.25, -0.2) is 4.79 Å². The zero-order valence-electron chi connectivity index (χ0n) is 27.4. The summed E-state index contributed by atoms with van der Waals surface area (Å²) in [6, 6.07) is 25.2. The highest BCUT2D eigenvalue weighted by Gasteiger charge is 2.44. The lowest BCUT2D eigenvalue weighted by atomic mass is 9.80. The number of unbranched alkanes of at least 4 members (excludes halogenated alkanes) is 1. The second kappa shape index (κ2) is 16.0. The first kappa shape index (κ1) is 36.1. The van der Waals surface area contributed by atoms with Crippen molar-refractivity contribution in [1.82, 2.24) is 9.55 Å². The number of rotatable bonds is 15. The number of aromatic amines is 1. The molecule has 10 nitrogen and oxygen atoms in total. The molecule has 1 aliphatic rings. The first-order valence-electron chi connectivity index (χ1n) is 15.7. The van der Waals surface area contributed by atoms with Crippen LogP contribution in [-0.2, 0) is 31.4 Å². The van der Waals surface area contributed by atoms with E-state index >= 15 is 0 Å². The molecule has 256 valence electrons. The van der Waals surface area contributed by atoms with Crippen molar-refractivity contribution in [1.29, 1.82) is 0 Å². The molecule has 2 heterocycles. The highest BCUT2D eigenvalue weighted by molar-refractivity contribution is 8.67. The number of hydrogen-bond acceptors (Lipinski definition) is 9. The molecule has 0 aliphatic carbocycles. The van der Waals surface area contributed by atoms with E-state index in [9.17, 15) is 14.5 Å². The van der Waals surface area contributed by atoms with E-state index in [2.05, 4.69) is 11.9 Å². The minimum atomic E-state index is -3.27. The van der Waals surface area contributed by atoms with E-state index in [0.717, 1.165) is 29.5 Å². The first-order chi connectivity index (χ1) is 23.1. The van der Waals surface area contributed by atoms with Crippen molar-refractivity contribution in [2.24, 2.45) is 0 Å². The van der Waals surface area contributed by atoms with Gasteiger partial charge in [0.1, 0.15) is 29.4 Å². The van der Waals surface area contributed by atoms with Crippen LogP contribution in [0.5, 0.6) is 11.5 Å². The standard InChI is InChI=1S/C35H41N2O8PS2/c1-5-6-20-48-46(40,47)45-30-21-32(37-22-24(2)33(38)36-34(37)39)44-31(30)23-43-35(25-10-8-7-9-11-25,26-12-16-28(41-3)17-13-26)27-14-18-29(42-4)19-15-27/h7-19,22,30-32H,5-6,20-21,23H2,1-4H3,(H,40,47)(H,36,38,39)/t30-,31+,32+,46?/m0/s1. The SMILES string of the molecule is CCCCSP(O)(=S)O[C@H]1C[C@H](n2cc(C)c(=O)[nH]c2=O)O[C@@H]1COC(c1ccccc1)(c1ccc(OC)cc1)c1ccc(OC)cc1. The number of nitrogens with zero attached hydrogens (tertiary/aromatic N) is 1. The quantitative estimate of drug-likeness (QED) is 0.0826. The van der Waals surface area contributed by atoms with Crippen LogP contribution in [0.2, 0.25) is 0 Å². The number of ether oxygens (including phenoxy) is 4. The normalized spacial score (nSPS) is 19.1. The Hall–Kier alpha value is -3.22. The molecule has 13 heteroatoms. The van der Waals surface area contributed by atoms with Gasteiger partial charge >= 0.3 is 5.69 Å². The van der Waals surface area contributed by atoms with E-state index < -0.39 is 41.0 Å². The van der Waals surface area contributed by atoms with E-state index in [1.54, 1.807) is 21.1 Å². The molecule has 0 amide bonds. The molecular formula is C35H41N2O8PS2. The van der Waals surface area contributed by atoms with Crippen molar-refractivity contribution in [2.75, 3.05) is 26.6 Å². The molecule has 4 atom stereocenters. The van der Waals surface area contributed by atoms with Gasteiger partial charge in [0.25, 0.3) is 5.56 Å². The molecule has 1 saturated heterocycles. The third-order valence-electron chi connectivity index (χ3n) is 8.30. The summed E-state index contributed by atoms with van der Waals surface area (Å²) in [4.78, 5) is 38.6. The van der Waals surface area contributed by atoms with Crippen molar-refractivity contribution in [2.45, 2.75) is 57.1 Å². The van der Waals surface area contributed by atoms with Crippen LogP contribution in [0.3, 0.4) is 0 Å². The fraction of sp³-hybridized carbons (Fsp3) is 0.371. The average molecular weight is 713 g/mol. The van der Waals surface area contributed by atoms with Gasteiger partial charge < -0.3 is 28.4 Å². The first-order valence-corrected chi connectivity index (χ1v) is 20.0. The predicted molar refractivity (Wildman–Crippen MR) is 192 cm³/mol. The number of aromatic nitrogens is 2. The Morgan fingerprint density at radius 3 is 2.12 bits per heavy atom. The summed E-state index contributed by atoms with van der Waals surface area (Å²) >= 11 is 6.81. The summed E-state index contributed by atoms with van der Waals surface area (Å²) in [6.45, 7) is 3.69. The molecule has 4 aromatic rings. The Bertz CT molecular complexity index is 1770. The zero-order chi connectivity index (χ0) is 34.3. The number of aryl methyl sites for hydroxylation is 1. The van der Waals surface area contributed by atoms with Crippen LogP contribution in [0.15, 0.2) is 94.6 Å². The molecule has 2 N–H and O–H groups in total. The van der Waals surface area contributed by atoms with Crippen LogP contribution in [0.25, 0.3) is 0 Å². The van der Waals surface area contributed by atoms with Gasteiger partial charge in [-0.05, 0) is 66.1 Å². The maximum Gasteiger partial charge on any atom is 0.330 e. The number of H-pyrrole nitrogens is 1. The van der Waals surface area contributed by atoms with Crippen LogP contribution in [-0.4, -0.2) is 53.2 Å². The molecule has 3 aromatic carbocycles. The van der Waals surface area contributed by atoms with Gasteiger partial charge in [0.15, 0.2) is 0 Å². The smallest absolute Gasteiger partial charge is 0.330 e. The summed E-state index contributed by atoms with van der Waals surface area (Å²) in [7, 11) is 3.23. The van der Waals surface area contributed by atoms with Crippen molar-refractivity contribution >= 4 is 28.9 Å². The minimum Gasteiger partial charge on any atom is -0.497 e. The highest BCUT2D eigenvalue weighted by atomic mass is 32.9. The molecule has 1 aromatic heterocycles. The van der Waals surface area contributed by atoms with Gasteiger partial charge in [-0.1, -0.05) is 79.3 Å². The molecule has 0 saturated carbocycles. The lowest BCUT2D eigenvalue weighted by Gasteiger charge is -2.37. The molecule has 1 unspecified atom stereocenters. The molecule has 5 rings (SSSR count). The fourth-order valence-corrected chi connectivity index (χ4v) is 9.61. The van der Waals surface area contributed by atoms with Crippen LogP contribution in [0, 0.1) is 6.92 Å². The monoisotopic (exact) mass is 712 g/mol. The lowest BCUT2D eigenvalue weighted by Crippen LogP contribution is -2.38. The Kier molecular flexibility index (Phi) is 12.0. The third-order valence-corrected chi connectivity index (χ3v) is 12.6. The topological polar surface area (TPSA) is 121 Å². The highest BCUT2D eigenvalue weighted by Crippen LogP contribution is 2.59. The molecule has 0 bridgehead atoms. The maximum atomic E-state index is 12.9. The van der Waals surface area contributed by atoms with Gasteiger partial charge in [-0.2, -0.15) is 0 Å². The van der Waals surface area contributed by atoms with Crippen LogP contribution < -0.4 is 20.7 Å². The van der Waals surface area contributed by atoms with E-state index in [1.165, 1.54) is 22.1 Å². The number of methoxy groups -OCH3 is 2. The molecule has 0 spiro atoms. The van der Waals surface area contributed by atoms with E-state index in [4.69, 9.17) is 35.3 Å². The Labute approximate surface area is 289 Å². The summed E-state index contributed by atoms with van der Waals surface area (Å²) in [5.41, 5.74) is -2.58. The van der Waals surface area contributed by atoms with Gasteiger partial charge in [-0.3, -0.25) is 14.3 Å². The van der Waals surface area contributed by atoms with Crippen molar-refractivity contribution in [3.63, 3.8) is 0 Å². The van der Waals surface area contributed by atoms with Crippen molar-refractivity contribution < 1.29 is 28.4 Å². The Morgan fingerprint density at radius 2 is 1.56 bits per heavy atom. The van der Waals surface area contributed by atoms with Gasteiger partial charge in [0, 0.05) is 23.9 Å². The lowest BCUT2D eigenvalue weighted by molar-refractivity contribution is -0.0913. The molecule has 48 heavy (non-hydrogen) atoms. The molecule has 1 fully saturated rings. The Morgan fingerprint density at radius 1 is 0.979 bits per heavy atom.